The number of oxazole rings is 1. The van der Waals surface area contributed by atoms with Crippen molar-refractivity contribution in [1.29, 1.82) is 0 Å². The zero-order valence-electron chi connectivity index (χ0n) is 19.4. The van der Waals surface area contributed by atoms with Gasteiger partial charge in [0, 0.05) is 5.56 Å². The van der Waals surface area contributed by atoms with Crippen LogP contribution in [-0.4, -0.2) is 42.1 Å². The maximum Gasteiger partial charge on any atom is 0.339 e. The van der Waals surface area contributed by atoms with Gasteiger partial charge in [-0.25, -0.2) is 9.78 Å². The monoisotopic (exact) mass is 499 g/mol. The van der Waals surface area contributed by atoms with Gasteiger partial charge in [0.2, 0.25) is 12.0 Å². The predicted octanol–water partition coefficient (Wildman–Crippen LogP) is 3.15. The van der Waals surface area contributed by atoms with Crippen LogP contribution in [0.3, 0.4) is 0 Å². The summed E-state index contributed by atoms with van der Waals surface area (Å²) < 4.78 is 22.1. The molecule has 3 aromatic carbocycles. The number of hydrogen-bond acceptors (Lipinski definition) is 8. The Labute approximate surface area is 211 Å². The SMILES string of the molecule is O=C(COC(=O)c1ccccc1-c1ncc(-c2ccccc2)o1)NNC(=O)C1COc2ccccc2O1. The zero-order chi connectivity index (χ0) is 25.6. The van der Waals surface area contributed by atoms with E-state index in [0.29, 0.717) is 22.8 Å². The van der Waals surface area contributed by atoms with Crippen molar-refractivity contribution in [3.8, 4) is 34.3 Å². The number of carbonyl (C=O) groups excluding carboxylic acids is 3. The number of aromatic nitrogens is 1. The van der Waals surface area contributed by atoms with Gasteiger partial charge in [-0.1, -0.05) is 54.6 Å². The molecule has 10 heteroatoms. The van der Waals surface area contributed by atoms with Crippen LogP contribution in [0.25, 0.3) is 22.8 Å². The number of rotatable bonds is 6. The lowest BCUT2D eigenvalue weighted by Gasteiger charge is -2.25. The lowest BCUT2D eigenvalue weighted by molar-refractivity contribution is -0.135. The van der Waals surface area contributed by atoms with Gasteiger partial charge in [0.05, 0.1) is 17.3 Å². The molecule has 0 bridgehead atoms. The number of fused-ring (bicyclic) bond motifs is 1. The fourth-order valence-corrected chi connectivity index (χ4v) is 3.59. The second-order valence-corrected chi connectivity index (χ2v) is 7.92. The minimum absolute atomic E-state index is 0.0166. The Morgan fingerprint density at radius 1 is 0.892 bits per heavy atom. The third-order valence-electron chi connectivity index (χ3n) is 5.40. The van der Waals surface area contributed by atoms with E-state index >= 15 is 0 Å². The molecule has 1 aromatic heterocycles. The minimum atomic E-state index is -0.953. The normalized spacial score (nSPS) is 13.9. The van der Waals surface area contributed by atoms with Gasteiger partial charge in [0.15, 0.2) is 23.9 Å². The van der Waals surface area contributed by atoms with Gasteiger partial charge < -0.3 is 18.6 Å². The van der Waals surface area contributed by atoms with Gasteiger partial charge in [-0.3, -0.25) is 20.4 Å². The van der Waals surface area contributed by atoms with Crippen molar-refractivity contribution >= 4 is 17.8 Å². The highest BCUT2D eigenvalue weighted by atomic mass is 16.6. The first-order chi connectivity index (χ1) is 18.1. The lowest BCUT2D eigenvalue weighted by atomic mass is 10.1. The van der Waals surface area contributed by atoms with Crippen LogP contribution < -0.4 is 20.3 Å². The van der Waals surface area contributed by atoms with Crippen LogP contribution >= 0.6 is 0 Å². The molecule has 2 heterocycles. The minimum Gasteiger partial charge on any atom is -0.485 e. The van der Waals surface area contributed by atoms with E-state index in [-0.39, 0.29) is 18.1 Å². The highest BCUT2D eigenvalue weighted by molar-refractivity contribution is 5.97. The maximum atomic E-state index is 12.7. The van der Waals surface area contributed by atoms with E-state index in [1.807, 2.05) is 30.3 Å². The van der Waals surface area contributed by atoms with E-state index < -0.39 is 30.5 Å². The first kappa shape index (κ1) is 23.6. The van der Waals surface area contributed by atoms with E-state index in [1.165, 1.54) is 0 Å². The Balaban J connectivity index is 1.15. The quantitative estimate of drug-likeness (QED) is 0.306. The van der Waals surface area contributed by atoms with Crippen LogP contribution in [-0.2, 0) is 14.3 Å². The van der Waals surface area contributed by atoms with E-state index in [9.17, 15) is 14.4 Å². The molecule has 2 N–H and O–H groups in total. The third-order valence-corrected chi connectivity index (χ3v) is 5.40. The number of hydrazine groups is 1. The van der Waals surface area contributed by atoms with Crippen LogP contribution in [0.15, 0.2) is 89.5 Å². The molecule has 5 rings (SSSR count). The second-order valence-electron chi connectivity index (χ2n) is 7.92. The van der Waals surface area contributed by atoms with Crippen molar-refractivity contribution in [3.63, 3.8) is 0 Å². The number of hydrogen-bond donors (Lipinski definition) is 2. The molecule has 1 aliphatic rings. The molecule has 0 aliphatic carbocycles. The summed E-state index contributed by atoms with van der Waals surface area (Å²) in [7, 11) is 0. The summed E-state index contributed by atoms with van der Waals surface area (Å²) in [6.45, 7) is -0.642. The Kier molecular flexibility index (Phi) is 6.80. The summed E-state index contributed by atoms with van der Waals surface area (Å²) in [5, 5.41) is 0. The Morgan fingerprint density at radius 2 is 1.62 bits per heavy atom. The number of amides is 2. The first-order valence-electron chi connectivity index (χ1n) is 11.3. The summed E-state index contributed by atoms with van der Waals surface area (Å²) >= 11 is 0. The molecule has 2 amide bonds. The topological polar surface area (TPSA) is 129 Å². The van der Waals surface area contributed by atoms with Gasteiger partial charge >= 0.3 is 5.97 Å². The molecule has 0 radical (unpaired) electrons. The van der Waals surface area contributed by atoms with Crippen molar-refractivity contribution in [2.45, 2.75) is 6.10 Å². The van der Waals surface area contributed by atoms with E-state index in [1.54, 1.807) is 54.7 Å². The molecular weight excluding hydrogens is 478 g/mol. The van der Waals surface area contributed by atoms with Crippen LogP contribution in [0.1, 0.15) is 10.4 Å². The molecule has 10 nitrogen and oxygen atoms in total. The highest BCUT2D eigenvalue weighted by Crippen LogP contribution is 2.31. The van der Waals surface area contributed by atoms with Crippen molar-refractivity contribution in [3.05, 3.63) is 90.6 Å². The summed E-state index contributed by atoms with van der Waals surface area (Å²) in [6.07, 6.45) is 0.619. The van der Waals surface area contributed by atoms with Crippen molar-refractivity contribution in [1.82, 2.24) is 15.8 Å². The van der Waals surface area contributed by atoms with Crippen LogP contribution in [0.2, 0.25) is 0 Å². The molecule has 4 aromatic rings. The van der Waals surface area contributed by atoms with E-state index in [4.69, 9.17) is 18.6 Å². The fourth-order valence-electron chi connectivity index (χ4n) is 3.59. The molecular formula is C27H21N3O7. The van der Waals surface area contributed by atoms with Crippen LogP contribution in [0.4, 0.5) is 0 Å². The lowest BCUT2D eigenvalue weighted by Crippen LogP contribution is -2.51. The van der Waals surface area contributed by atoms with Gasteiger partial charge in [0.25, 0.3) is 11.8 Å². The second kappa shape index (κ2) is 10.6. The molecule has 0 spiro atoms. The molecule has 1 aliphatic heterocycles. The summed E-state index contributed by atoms with van der Waals surface area (Å²) in [6, 6.07) is 23.0. The van der Waals surface area contributed by atoms with E-state index in [0.717, 1.165) is 5.56 Å². The molecule has 37 heavy (non-hydrogen) atoms. The number of benzene rings is 3. The Morgan fingerprint density at radius 3 is 2.46 bits per heavy atom. The van der Waals surface area contributed by atoms with Gasteiger partial charge in [-0.05, 0) is 24.3 Å². The number of para-hydroxylation sites is 2. The van der Waals surface area contributed by atoms with Gasteiger partial charge in [-0.2, -0.15) is 0 Å². The largest absolute Gasteiger partial charge is 0.485 e. The fraction of sp³-hybridized carbons (Fsp3) is 0.111. The Hall–Kier alpha value is -5.12. The molecule has 186 valence electrons. The average Bonchev–Trinajstić information content (AvgIpc) is 3.45. The van der Waals surface area contributed by atoms with E-state index in [2.05, 4.69) is 15.8 Å². The molecule has 0 saturated heterocycles. The summed E-state index contributed by atoms with van der Waals surface area (Å²) in [5.74, 6) is -0.365. The maximum absolute atomic E-state index is 12.7. The smallest absolute Gasteiger partial charge is 0.339 e. The molecule has 1 atom stereocenters. The first-order valence-corrected chi connectivity index (χ1v) is 11.3. The predicted molar refractivity (Wildman–Crippen MR) is 130 cm³/mol. The van der Waals surface area contributed by atoms with Crippen LogP contribution in [0.5, 0.6) is 11.5 Å². The number of carbonyl (C=O) groups is 3. The Bertz CT molecular complexity index is 1430. The van der Waals surface area contributed by atoms with Crippen molar-refractivity contribution < 1.29 is 33.0 Å². The number of nitrogens with zero attached hydrogens (tertiary/aromatic N) is 1. The van der Waals surface area contributed by atoms with Crippen molar-refractivity contribution in [2.24, 2.45) is 0 Å². The number of nitrogens with one attached hydrogen (secondary N) is 2. The molecule has 0 saturated carbocycles. The van der Waals surface area contributed by atoms with Gasteiger partial charge in [-0.15, -0.1) is 0 Å². The molecule has 1 unspecified atom stereocenters. The highest BCUT2D eigenvalue weighted by Gasteiger charge is 2.27. The van der Waals surface area contributed by atoms with Crippen molar-refractivity contribution in [2.75, 3.05) is 13.2 Å². The van der Waals surface area contributed by atoms with Gasteiger partial charge in [0.1, 0.15) is 6.61 Å². The number of esters is 1. The summed E-state index contributed by atoms with van der Waals surface area (Å²) in [5.41, 5.74) is 5.87. The standard InChI is InChI=1S/C27H21N3O7/c31-24(29-30-25(32)23-15-34-20-12-6-7-13-21(20)36-23)16-35-27(33)19-11-5-4-10-18(19)26-28-14-22(37-26)17-8-2-1-3-9-17/h1-14,23H,15-16H2,(H,29,31)(H,30,32). The number of ether oxygens (including phenoxy) is 3. The zero-order valence-corrected chi connectivity index (χ0v) is 19.4. The summed E-state index contributed by atoms with van der Waals surface area (Å²) in [4.78, 5) is 41.5. The van der Waals surface area contributed by atoms with Crippen LogP contribution in [0, 0.1) is 0 Å². The average molecular weight is 499 g/mol. The molecule has 0 fully saturated rings. The third kappa shape index (κ3) is 5.43.